The molecular formula is C14H26N4O. The van der Waals surface area contributed by atoms with Gasteiger partial charge < -0.3 is 15.3 Å². The van der Waals surface area contributed by atoms with Gasteiger partial charge in [0.25, 0.3) is 0 Å². The molecule has 5 heteroatoms. The standard InChI is InChI=1S/C14H26N4O/c1-12(2)15-9-13-10-16-14(17-11-13)18(3)7-5-4-6-8-19/h10-12,15,19H,4-9H2,1-3H3. The number of hydrogen-bond donors (Lipinski definition) is 2. The van der Waals surface area contributed by atoms with Crippen molar-refractivity contribution in [2.75, 3.05) is 25.1 Å². The summed E-state index contributed by atoms with van der Waals surface area (Å²) in [5.41, 5.74) is 1.10. The second-order valence-corrected chi connectivity index (χ2v) is 5.13. The molecule has 1 aromatic heterocycles. The van der Waals surface area contributed by atoms with E-state index in [1.807, 2.05) is 19.4 Å². The van der Waals surface area contributed by atoms with Gasteiger partial charge in [-0.15, -0.1) is 0 Å². The average molecular weight is 266 g/mol. The molecular weight excluding hydrogens is 240 g/mol. The lowest BCUT2D eigenvalue weighted by Crippen LogP contribution is -2.23. The smallest absolute Gasteiger partial charge is 0.224 e. The van der Waals surface area contributed by atoms with E-state index in [0.717, 1.165) is 43.9 Å². The van der Waals surface area contributed by atoms with Crippen LogP contribution in [0.25, 0.3) is 0 Å². The molecule has 1 heterocycles. The van der Waals surface area contributed by atoms with Crippen molar-refractivity contribution < 1.29 is 5.11 Å². The minimum absolute atomic E-state index is 0.276. The molecule has 0 aliphatic rings. The van der Waals surface area contributed by atoms with Crippen molar-refractivity contribution >= 4 is 5.95 Å². The van der Waals surface area contributed by atoms with Crippen LogP contribution in [-0.4, -0.2) is 41.3 Å². The summed E-state index contributed by atoms with van der Waals surface area (Å²) < 4.78 is 0. The molecule has 0 radical (unpaired) electrons. The molecule has 1 rings (SSSR count). The summed E-state index contributed by atoms with van der Waals surface area (Å²) in [5, 5.41) is 12.1. The number of nitrogens with zero attached hydrogens (tertiary/aromatic N) is 3. The van der Waals surface area contributed by atoms with Gasteiger partial charge in [-0.3, -0.25) is 0 Å². The summed E-state index contributed by atoms with van der Waals surface area (Å²) in [4.78, 5) is 10.8. The van der Waals surface area contributed by atoms with Gasteiger partial charge in [0, 0.05) is 50.7 Å². The highest BCUT2D eigenvalue weighted by Crippen LogP contribution is 2.07. The highest BCUT2D eigenvalue weighted by atomic mass is 16.2. The van der Waals surface area contributed by atoms with E-state index in [0.29, 0.717) is 6.04 Å². The monoisotopic (exact) mass is 266 g/mol. The van der Waals surface area contributed by atoms with Gasteiger partial charge in [0.1, 0.15) is 0 Å². The molecule has 0 aliphatic carbocycles. The average Bonchev–Trinajstić information content (AvgIpc) is 2.41. The number of aliphatic hydroxyl groups is 1. The van der Waals surface area contributed by atoms with E-state index in [1.165, 1.54) is 0 Å². The zero-order valence-corrected chi connectivity index (χ0v) is 12.3. The Morgan fingerprint density at radius 3 is 2.47 bits per heavy atom. The van der Waals surface area contributed by atoms with Gasteiger partial charge in [-0.25, -0.2) is 9.97 Å². The SMILES string of the molecule is CC(C)NCc1cnc(N(C)CCCCCO)nc1. The van der Waals surface area contributed by atoms with Crippen LogP contribution in [0, 0.1) is 0 Å². The predicted molar refractivity (Wildman–Crippen MR) is 78.2 cm³/mol. The molecule has 0 fully saturated rings. The van der Waals surface area contributed by atoms with E-state index < -0.39 is 0 Å². The van der Waals surface area contributed by atoms with Crippen LogP contribution in [0.1, 0.15) is 38.7 Å². The van der Waals surface area contributed by atoms with Gasteiger partial charge in [-0.05, 0) is 19.3 Å². The maximum Gasteiger partial charge on any atom is 0.224 e. The Morgan fingerprint density at radius 1 is 1.21 bits per heavy atom. The Bertz CT molecular complexity index is 340. The summed E-state index contributed by atoms with van der Waals surface area (Å²) in [6, 6.07) is 0.467. The topological polar surface area (TPSA) is 61.3 Å². The first-order valence-electron chi connectivity index (χ1n) is 6.99. The van der Waals surface area contributed by atoms with Crippen LogP contribution in [0.5, 0.6) is 0 Å². The van der Waals surface area contributed by atoms with Crippen molar-refractivity contribution in [3.63, 3.8) is 0 Å². The number of hydrogen-bond acceptors (Lipinski definition) is 5. The Hall–Kier alpha value is -1.20. The minimum atomic E-state index is 0.276. The van der Waals surface area contributed by atoms with E-state index in [9.17, 15) is 0 Å². The second kappa shape index (κ2) is 8.82. The molecule has 0 aromatic carbocycles. The Labute approximate surface area is 116 Å². The third kappa shape index (κ3) is 6.50. The lowest BCUT2D eigenvalue weighted by molar-refractivity contribution is 0.283. The fourth-order valence-corrected chi connectivity index (χ4v) is 1.70. The van der Waals surface area contributed by atoms with Crippen molar-refractivity contribution in [3.8, 4) is 0 Å². The first kappa shape index (κ1) is 15.9. The lowest BCUT2D eigenvalue weighted by atomic mass is 10.2. The zero-order chi connectivity index (χ0) is 14.1. The molecule has 0 unspecified atom stereocenters. The molecule has 1 aromatic rings. The third-order valence-electron chi connectivity index (χ3n) is 2.90. The summed E-state index contributed by atoms with van der Waals surface area (Å²) in [5.74, 6) is 0.761. The van der Waals surface area contributed by atoms with Crippen LogP contribution in [0.15, 0.2) is 12.4 Å². The van der Waals surface area contributed by atoms with Crippen LogP contribution in [0.2, 0.25) is 0 Å². The van der Waals surface area contributed by atoms with Gasteiger partial charge in [0.05, 0.1) is 0 Å². The van der Waals surface area contributed by atoms with Crippen LogP contribution in [-0.2, 0) is 6.54 Å². The lowest BCUT2D eigenvalue weighted by Gasteiger charge is -2.17. The summed E-state index contributed by atoms with van der Waals surface area (Å²) in [6.07, 6.45) is 6.71. The van der Waals surface area contributed by atoms with Crippen LogP contribution >= 0.6 is 0 Å². The van der Waals surface area contributed by atoms with E-state index in [2.05, 4.69) is 34.0 Å². The zero-order valence-electron chi connectivity index (χ0n) is 12.3. The number of aromatic nitrogens is 2. The molecule has 0 atom stereocenters. The normalized spacial score (nSPS) is 11.0. The molecule has 0 spiro atoms. The molecule has 0 saturated heterocycles. The number of aliphatic hydroxyl groups excluding tert-OH is 1. The maximum atomic E-state index is 8.72. The van der Waals surface area contributed by atoms with E-state index >= 15 is 0 Å². The number of unbranched alkanes of at least 4 members (excludes halogenated alkanes) is 2. The summed E-state index contributed by atoms with van der Waals surface area (Å²) >= 11 is 0. The van der Waals surface area contributed by atoms with Crippen LogP contribution < -0.4 is 10.2 Å². The van der Waals surface area contributed by atoms with Crippen LogP contribution in [0.3, 0.4) is 0 Å². The van der Waals surface area contributed by atoms with E-state index in [-0.39, 0.29) is 6.61 Å². The van der Waals surface area contributed by atoms with E-state index in [1.54, 1.807) is 0 Å². The molecule has 0 bridgehead atoms. The van der Waals surface area contributed by atoms with Gasteiger partial charge in [-0.1, -0.05) is 13.8 Å². The van der Waals surface area contributed by atoms with Gasteiger partial charge in [-0.2, -0.15) is 0 Å². The molecule has 0 saturated carbocycles. The number of rotatable bonds is 9. The second-order valence-electron chi connectivity index (χ2n) is 5.13. The molecule has 2 N–H and O–H groups in total. The first-order valence-corrected chi connectivity index (χ1v) is 6.99. The molecule has 108 valence electrons. The van der Waals surface area contributed by atoms with Gasteiger partial charge in [0.15, 0.2) is 0 Å². The summed E-state index contributed by atoms with van der Waals surface area (Å²) in [6.45, 7) is 6.24. The molecule has 19 heavy (non-hydrogen) atoms. The quantitative estimate of drug-likeness (QED) is 0.664. The highest BCUT2D eigenvalue weighted by Gasteiger charge is 2.04. The Morgan fingerprint density at radius 2 is 1.89 bits per heavy atom. The molecule has 0 amide bonds. The van der Waals surface area contributed by atoms with Crippen molar-refractivity contribution in [2.24, 2.45) is 0 Å². The Kier molecular flexibility index (Phi) is 7.36. The van der Waals surface area contributed by atoms with Crippen molar-refractivity contribution in [1.82, 2.24) is 15.3 Å². The fraction of sp³-hybridized carbons (Fsp3) is 0.714. The highest BCUT2D eigenvalue weighted by molar-refractivity contribution is 5.28. The van der Waals surface area contributed by atoms with Crippen molar-refractivity contribution in [3.05, 3.63) is 18.0 Å². The molecule has 0 aliphatic heterocycles. The number of anilines is 1. The largest absolute Gasteiger partial charge is 0.396 e. The van der Waals surface area contributed by atoms with Crippen molar-refractivity contribution in [2.45, 2.75) is 45.7 Å². The maximum absolute atomic E-state index is 8.72. The van der Waals surface area contributed by atoms with E-state index in [4.69, 9.17) is 5.11 Å². The summed E-state index contributed by atoms with van der Waals surface area (Å²) in [7, 11) is 2.00. The molecule has 5 nitrogen and oxygen atoms in total. The fourth-order valence-electron chi connectivity index (χ4n) is 1.70. The van der Waals surface area contributed by atoms with Gasteiger partial charge >= 0.3 is 0 Å². The number of nitrogens with one attached hydrogen (secondary N) is 1. The predicted octanol–water partition coefficient (Wildman–Crippen LogP) is 1.57. The minimum Gasteiger partial charge on any atom is -0.396 e. The van der Waals surface area contributed by atoms with Crippen LogP contribution in [0.4, 0.5) is 5.95 Å². The van der Waals surface area contributed by atoms with Crippen molar-refractivity contribution in [1.29, 1.82) is 0 Å². The first-order chi connectivity index (χ1) is 9.13. The third-order valence-corrected chi connectivity index (χ3v) is 2.90. The van der Waals surface area contributed by atoms with Gasteiger partial charge in [0.2, 0.25) is 5.95 Å². The Balaban J connectivity index is 2.37.